The van der Waals surface area contributed by atoms with Crippen LogP contribution < -0.4 is 0 Å². The van der Waals surface area contributed by atoms with E-state index < -0.39 is 0 Å². The van der Waals surface area contributed by atoms with Gasteiger partial charge < -0.3 is 0 Å². The Balaban J connectivity index is 2.12. The summed E-state index contributed by atoms with van der Waals surface area (Å²) in [6.07, 6.45) is 0. The average molecular weight is 280 g/mol. The van der Waals surface area contributed by atoms with Crippen molar-refractivity contribution in [3.63, 3.8) is 0 Å². The summed E-state index contributed by atoms with van der Waals surface area (Å²) in [5.74, 6) is -0.111. The van der Waals surface area contributed by atoms with Crippen LogP contribution in [0.4, 0.5) is 0 Å². The zero-order valence-corrected chi connectivity index (χ0v) is 10.9. The Bertz CT molecular complexity index is 540. The van der Waals surface area contributed by atoms with Crippen LogP contribution in [-0.4, -0.2) is 10.8 Å². The molecule has 2 aromatic rings. The molecule has 0 heterocycles. The maximum absolute atomic E-state index is 10.3. The zero-order valence-electron chi connectivity index (χ0n) is 9.38. The van der Waals surface area contributed by atoms with Gasteiger partial charge in [0.15, 0.2) is 0 Å². The molecule has 2 rings (SSSR count). The molecule has 0 N–H and O–H groups in total. The molecule has 5 heteroatoms. The SMILES string of the molecule is O=[N+]([O-])CSc1ccc(-c2ccc(Cl)cc2)cc1. The van der Waals surface area contributed by atoms with Crippen LogP contribution in [0.15, 0.2) is 53.4 Å². The minimum atomic E-state index is -0.336. The van der Waals surface area contributed by atoms with Crippen LogP contribution in [0.25, 0.3) is 11.1 Å². The Morgan fingerprint density at radius 1 is 1.00 bits per heavy atom. The number of hydrogen-bond donors (Lipinski definition) is 0. The van der Waals surface area contributed by atoms with E-state index in [1.807, 2.05) is 48.5 Å². The van der Waals surface area contributed by atoms with Crippen molar-refractivity contribution >= 4 is 23.4 Å². The fraction of sp³-hybridized carbons (Fsp3) is 0.0769. The number of hydrogen-bond acceptors (Lipinski definition) is 3. The van der Waals surface area contributed by atoms with Crippen molar-refractivity contribution in [1.82, 2.24) is 0 Å². The maximum atomic E-state index is 10.3. The lowest BCUT2D eigenvalue weighted by Gasteiger charge is -2.03. The molecule has 18 heavy (non-hydrogen) atoms. The van der Waals surface area contributed by atoms with Crippen LogP contribution in [0.1, 0.15) is 0 Å². The molecule has 0 aliphatic heterocycles. The van der Waals surface area contributed by atoms with Crippen molar-refractivity contribution in [2.75, 3.05) is 5.88 Å². The molecule has 0 atom stereocenters. The quantitative estimate of drug-likeness (QED) is 0.362. The minimum absolute atomic E-state index is 0.111. The fourth-order valence-electron chi connectivity index (χ4n) is 1.51. The minimum Gasteiger partial charge on any atom is -0.264 e. The highest BCUT2D eigenvalue weighted by atomic mass is 35.5. The molecule has 3 nitrogen and oxygen atoms in total. The monoisotopic (exact) mass is 279 g/mol. The lowest BCUT2D eigenvalue weighted by atomic mass is 10.1. The summed E-state index contributed by atoms with van der Waals surface area (Å²) in [5, 5.41) is 11.0. The first-order valence-electron chi connectivity index (χ1n) is 5.26. The lowest BCUT2D eigenvalue weighted by molar-refractivity contribution is -0.456. The molecule has 0 unspecified atom stereocenters. The fourth-order valence-corrected chi connectivity index (χ4v) is 2.22. The molecule has 2 aromatic carbocycles. The van der Waals surface area contributed by atoms with Gasteiger partial charge in [0.25, 0.3) is 5.88 Å². The van der Waals surface area contributed by atoms with E-state index in [-0.39, 0.29) is 10.8 Å². The summed E-state index contributed by atoms with van der Waals surface area (Å²) in [6, 6.07) is 15.2. The predicted octanol–water partition coefficient (Wildman–Crippen LogP) is 4.33. The highest BCUT2D eigenvalue weighted by molar-refractivity contribution is 7.99. The molecule has 0 aliphatic carbocycles. The zero-order chi connectivity index (χ0) is 13.0. The van der Waals surface area contributed by atoms with Gasteiger partial charge in [0.05, 0.1) is 0 Å². The third-order valence-corrected chi connectivity index (χ3v) is 3.57. The molecule has 92 valence electrons. The van der Waals surface area contributed by atoms with Crippen LogP contribution in [0.2, 0.25) is 5.02 Å². The molecule has 0 saturated carbocycles. The number of benzene rings is 2. The summed E-state index contributed by atoms with van der Waals surface area (Å²) in [7, 11) is 0. The molecular formula is C13H10ClNO2S. The number of rotatable bonds is 4. The summed E-state index contributed by atoms with van der Waals surface area (Å²) >= 11 is 7.04. The second-order valence-electron chi connectivity index (χ2n) is 3.64. The molecule has 0 saturated heterocycles. The highest BCUT2D eigenvalue weighted by Gasteiger charge is 2.02. The molecule has 0 spiro atoms. The van der Waals surface area contributed by atoms with E-state index in [0.29, 0.717) is 5.02 Å². The van der Waals surface area contributed by atoms with Crippen molar-refractivity contribution in [3.8, 4) is 11.1 Å². The third kappa shape index (κ3) is 3.48. The molecule has 0 bridgehead atoms. The average Bonchev–Trinajstić information content (AvgIpc) is 2.38. The lowest BCUT2D eigenvalue weighted by Crippen LogP contribution is -1.94. The second-order valence-corrected chi connectivity index (χ2v) is 5.09. The third-order valence-electron chi connectivity index (χ3n) is 2.37. The van der Waals surface area contributed by atoms with Crippen molar-refractivity contribution < 1.29 is 4.92 Å². The first-order valence-corrected chi connectivity index (χ1v) is 6.62. The Kier molecular flexibility index (Phi) is 4.23. The summed E-state index contributed by atoms with van der Waals surface area (Å²) in [4.78, 5) is 10.8. The summed E-state index contributed by atoms with van der Waals surface area (Å²) < 4.78 is 0. The Morgan fingerprint density at radius 3 is 2.00 bits per heavy atom. The van der Waals surface area contributed by atoms with E-state index >= 15 is 0 Å². The van der Waals surface area contributed by atoms with E-state index in [1.54, 1.807) is 0 Å². The Hall–Kier alpha value is -1.52. The van der Waals surface area contributed by atoms with Crippen LogP contribution >= 0.6 is 23.4 Å². The van der Waals surface area contributed by atoms with Gasteiger partial charge in [-0.05, 0) is 35.4 Å². The van der Waals surface area contributed by atoms with Crippen molar-refractivity contribution in [2.24, 2.45) is 0 Å². The maximum Gasteiger partial charge on any atom is 0.253 e. The van der Waals surface area contributed by atoms with Gasteiger partial charge in [0.1, 0.15) is 0 Å². The van der Waals surface area contributed by atoms with Crippen LogP contribution in [-0.2, 0) is 0 Å². The van der Waals surface area contributed by atoms with Gasteiger partial charge in [-0.1, -0.05) is 47.6 Å². The normalized spacial score (nSPS) is 10.3. The number of nitrogens with zero attached hydrogens (tertiary/aromatic N) is 1. The standard InChI is InChI=1S/C13H10ClNO2S/c14-12-5-1-10(2-6-12)11-3-7-13(8-4-11)18-9-15(16)17/h1-8H,9H2. The van der Waals surface area contributed by atoms with Gasteiger partial charge in [-0.25, -0.2) is 0 Å². The van der Waals surface area contributed by atoms with E-state index in [0.717, 1.165) is 16.0 Å². The van der Waals surface area contributed by atoms with Gasteiger partial charge in [0.2, 0.25) is 0 Å². The van der Waals surface area contributed by atoms with E-state index in [2.05, 4.69) is 0 Å². The van der Waals surface area contributed by atoms with E-state index in [4.69, 9.17) is 11.6 Å². The first-order chi connectivity index (χ1) is 8.65. The smallest absolute Gasteiger partial charge is 0.253 e. The van der Waals surface area contributed by atoms with E-state index in [1.165, 1.54) is 11.8 Å². The van der Waals surface area contributed by atoms with Gasteiger partial charge >= 0.3 is 0 Å². The summed E-state index contributed by atoms with van der Waals surface area (Å²) in [5.41, 5.74) is 2.14. The van der Waals surface area contributed by atoms with Gasteiger partial charge in [-0.15, -0.1) is 0 Å². The van der Waals surface area contributed by atoms with Crippen molar-refractivity contribution in [1.29, 1.82) is 0 Å². The van der Waals surface area contributed by atoms with Crippen LogP contribution in [0.3, 0.4) is 0 Å². The molecular weight excluding hydrogens is 270 g/mol. The van der Waals surface area contributed by atoms with E-state index in [9.17, 15) is 10.1 Å². The number of halogens is 1. The topological polar surface area (TPSA) is 43.1 Å². The molecule has 0 radical (unpaired) electrons. The second kappa shape index (κ2) is 5.89. The summed E-state index contributed by atoms with van der Waals surface area (Å²) in [6.45, 7) is 0. The Morgan fingerprint density at radius 2 is 1.50 bits per heavy atom. The first kappa shape index (κ1) is 12.9. The molecule has 0 aromatic heterocycles. The van der Waals surface area contributed by atoms with Crippen molar-refractivity contribution in [2.45, 2.75) is 4.90 Å². The van der Waals surface area contributed by atoms with Crippen LogP contribution in [0, 0.1) is 10.1 Å². The van der Waals surface area contributed by atoms with Crippen molar-refractivity contribution in [3.05, 3.63) is 63.7 Å². The van der Waals surface area contributed by atoms with Crippen LogP contribution in [0.5, 0.6) is 0 Å². The number of nitro groups is 1. The largest absolute Gasteiger partial charge is 0.264 e. The Labute approximate surface area is 114 Å². The predicted molar refractivity (Wildman–Crippen MR) is 74.6 cm³/mol. The van der Waals surface area contributed by atoms with Gasteiger partial charge in [0, 0.05) is 14.8 Å². The molecule has 0 amide bonds. The molecule has 0 fully saturated rings. The van der Waals surface area contributed by atoms with Gasteiger partial charge in [-0.3, -0.25) is 10.1 Å². The van der Waals surface area contributed by atoms with Gasteiger partial charge in [-0.2, -0.15) is 0 Å². The highest BCUT2D eigenvalue weighted by Crippen LogP contribution is 2.25. The number of thioether (sulfide) groups is 1. The molecule has 0 aliphatic rings.